The lowest BCUT2D eigenvalue weighted by atomic mass is 10.1. The van der Waals surface area contributed by atoms with Crippen molar-refractivity contribution in [1.29, 1.82) is 0 Å². The number of rotatable bonds is 5. The number of aromatic nitrogens is 2. The summed E-state index contributed by atoms with van der Waals surface area (Å²) in [6, 6.07) is 2.19. The highest BCUT2D eigenvalue weighted by molar-refractivity contribution is 7.08. The van der Waals surface area contributed by atoms with E-state index in [0.717, 1.165) is 31.5 Å². The van der Waals surface area contributed by atoms with Gasteiger partial charge >= 0.3 is 0 Å². The Bertz CT molecular complexity index is 581. The van der Waals surface area contributed by atoms with Crippen LogP contribution in [0.2, 0.25) is 0 Å². The molecule has 3 rings (SSSR count). The summed E-state index contributed by atoms with van der Waals surface area (Å²) in [7, 11) is 0. The van der Waals surface area contributed by atoms with Crippen LogP contribution in [0.15, 0.2) is 21.3 Å². The number of carbonyl (C=O) groups is 1. The topological polar surface area (TPSA) is 80.0 Å². The minimum absolute atomic E-state index is 0. The smallest absolute Gasteiger partial charge is 0.227 e. The third kappa shape index (κ3) is 4.53. The monoisotopic (exact) mass is 342 g/mol. The molecule has 6 nitrogen and oxygen atoms in total. The highest BCUT2D eigenvalue weighted by Gasteiger charge is 2.16. The Balaban J connectivity index is 0.00000176. The number of piperidine rings is 1. The van der Waals surface area contributed by atoms with Gasteiger partial charge in [0.25, 0.3) is 0 Å². The van der Waals surface area contributed by atoms with E-state index >= 15 is 0 Å². The second-order valence-corrected chi connectivity index (χ2v) is 5.91. The number of carbonyl (C=O) groups excluding carboxylic acids is 1. The normalized spacial score (nSPS) is 17.7. The molecule has 0 aromatic carbocycles. The highest BCUT2D eigenvalue weighted by atomic mass is 35.5. The molecule has 1 amide bonds. The van der Waals surface area contributed by atoms with Crippen LogP contribution in [0.3, 0.4) is 0 Å². The lowest BCUT2D eigenvalue weighted by Crippen LogP contribution is -2.45. The van der Waals surface area contributed by atoms with E-state index in [1.165, 1.54) is 0 Å². The molecule has 0 unspecified atom stereocenters. The maximum absolute atomic E-state index is 11.9. The van der Waals surface area contributed by atoms with Crippen LogP contribution in [0, 0.1) is 0 Å². The number of nitrogens with one attached hydrogen (secondary N) is 2. The molecule has 1 aliphatic heterocycles. The van der Waals surface area contributed by atoms with Gasteiger partial charge in [0.15, 0.2) is 0 Å². The van der Waals surface area contributed by atoms with Crippen LogP contribution in [0.5, 0.6) is 0 Å². The van der Waals surface area contributed by atoms with E-state index in [4.69, 9.17) is 4.52 Å². The minimum atomic E-state index is 0. The van der Waals surface area contributed by atoms with Gasteiger partial charge in [-0.2, -0.15) is 16.3 Å². The summed E-state index contributed by atoms with van der Waals surface area (Å²) < 4.78 is 5.18. The van der Waals surface area contributed by atoms with E-state index in [1.807, 2.05) is 16.8 Å². The van der Waals surface area contributed by atoms with Crippen LogP contribution in [-0.4, -0.2) is 35.2 Å². The molecule has 8 heteroatoms. The van der Waals surface area contributed by atoms with Crippen molar-refractivity contribution in [3.8, 4) is 11.4 Å². The SMILES string of the molecule is Cl.O=C(CCc1nc(-c2ccsc2)no1)N[C@H]1CCCNC1. The van der Waals surface area contributed by atoms with E-state index < -0.39 is 0 Å². The number of halogens is 1. The predicted molar refractivity (Wildman–Crippen MR) is 87.2 cm³/mol. The molecule has 0 saturated carbocycles. The van der Waals surface area contributed by atoms with E-state index in [9.17, 15) is 4.79 Å². The Kier molecular flexibility index (Phi) is 6.35. The molecule has 1 fully saturated rings. The molecule has 0 bridgehead atoms. The van der Waals surface area contributed by atoms with Gasteiger partial charge < -0.3 is 15.2 Å². The first-order valence-corrected chi connectivity index (χ1v) is 8.11. The summed E-state index contributed by atoms with van der Waals surface area (Å²) in [6.45, 7) is 1.90. The lowest BCUT2D eigenvalue weighted by Gasteiger charge is -2.23. The van der Waals surface area contributed by atoms with Crippen LogP contribution in [0.4, 0.5) is 0 Å². The van der Waals surface area contributed by atoms with Crippen molar-refractivity contribution in [3.05, 3.63) is 22.7 Å². The predicted octanol–water partition coefficient (Wildman–Crippen LogP) is 2.02. The Morgan fingerprint density at radius 2 is 2.45 bits per heavy atom. The molecule has 3 heterocycles. The van der Waals surface area contributed by atoms with Crippen LogP contribution in [-0.2, 0) is 11.2 Å². The molecule has 0 radical (unpaired) electrons. The average Bonchev–Trinajstić information content (AvgIpc) is 3.17. The summed E-state index contributed by atoms with van der Waals surface area (Å²) in [5.41, 5.74) is 0.952. The number of thiophene rings is 1. The summed E-state index contributed by atoms with van der Waals surface area (Å²) in [5, 5.41) is 14.2. The first-order valence-electron chi connectivity index (χ1n) is 7.16. The zero-order valence-corrected chi connectivity index (χ0v) is 13.7. The molecule has 1 saturated heterocycles. The third-order valence-electron chi connectivity index (χ3n) is 3.48. The van der Waals surface area contributed by atoms with Crippen molar-refractivity contribution in [2.24, 2.45) is 0 Å². The number of aryl methyl sites for hydroxylation is 1. The molecular formula is C14H19ClN4O2S. The van der Waals surface area contributed by atoms with Crippen molar-refractivity contribution in [2.45, 2.75) is 31.7 Å². The number of hydrogen-bond acceptors (Lipinski definition) is 6. The van der Waals surface area contributed by atoms with Crippen LogP contribution < -0.4 is 10.6 Å². The number of hydrogen-bond donors (Lipinski definition) is 2. The van der Waals surface area contributed by atoms with E-state index in [-0.39, 0.29) is 24.4 Å². The Morgan fingerprint density at radius 3 is 3.18 bits per heavy atom. The third-order valence-corrected chi connectivity index (χ3v) is 4.16. The first kappa shape index (κ1) is 16.9. The lowest BCUT2D eigenvalue weighted by molar-refractivity contribution is -0.121. The van der Waals surface area contributed by atoms with Gasteiger partial charge in [-0.25, -0.2) is 0 Å². The maximum Gasteiger partial charge on any atom is 0.227 e. The van der Waals surface area contributed by atoms with Crippen LogP contribution in [0.25, 0.3) is 11.4 Å². The van der Waals surface area contributed by atoms with Gasteiger partial charge in [-0.15, -0.1) is 12.4 Å². The number of nitrogens with zero attached hydrogens (tertiary/aromatic N) is 2. The largest absolute Gasteiger partial charge is 0.352 e. The summed E-state index contributed by atoms with van der Waals surface area (Å²) in [4.78, 5) is 16.2. The molecule has 0 aliphatic carbocycles. The maximum atomic E-state index is 11.9. The molecule has 22 heavy (non-hydrogen) atoms. The standard InChI is InChI=1S/C14H18N4O2S.ClH/c19-12(16-11-2-1-6-15-8-11)3-4-13-17-14(18-20-13)10-5-7-21-9-10;/h5,7,9,11,15H,1-4,6,8H2,(H,16,19);1H/t11-;/m0./s1. The molecule has 1 atom stereocenters. The quantitative estimate of drug-likeness (QED) is 0.869. The van der Waals surface area contributed by atoms with Gasteiger partial charge in [-0.3, -0.25) is 4.79 Å². The highest BCUT2D eigenvalue weighted by Crippen LogP contribution is 2.18. The molecule has 2 aromatic rings. The van der Waals surface area contributed by atoms with Crippen molar-refractivity contribution in [3.63, 3.8) is 0 Å². The Morgan fingerprint density at radius 1 is 1.55 bits per heavy atom. The first-order chi connectivity index (χ1) is 10.3. The molecule has 2 N–H and O–H groups in total. The molecule has 120 valence electrons. The number of amides is 1. The molecular weight excluding hydrogens is 324 g/mol. The molecule has 0 spiro atoms. The van der Waals surface area contributed by atoms with Crippen molar-refractivity contribution < 1.29 is 9.32 Å². The minimum Gasteiger partial charge on any atom is -0.352 e. The van der Waals surface area contributed by atoms with Crippen LogP contribution in [0.1, 0.15) is 25.2 Å². The average molecular weight is 343 g/mol. The Hall–Kier alpha value is -1.44. The second-order valence-electron chi connectivity index (χ2n) is 5.13. The van der Waals surface area contributed by atoms with Gasteiger partial charge in [0.1, 0.15) is 0 Å². The van der Waals surface area contributed by atoms with E-state index in [0.29, 0.717) is 24.6 Å². The summed E-state index contributed by atoms with van der Waals surface area (Å²) in [5.74, 6) is 1.13. The van der Waals surface area contributed by atoms with E-state index in [2.05, 4.69) is 20.8 Å². The molecule has 1 aliphatic rings. The zero-order chi connectivity index (χ0) is 14.5. The van der Waals surface area contributed by atoms with Gasteiger partial charge in [0.2, 0.25) is 17.6 Å². The van der Waals surface area contributed by atoms with Gasteiger partial charge in [0, 0.05) is 36.4 Å². The second kappa shape index (κ2) is 8.26. The summed E-state index contributed by atoms with van der Waals surface area (Å²) >= 11 is 1.59. The van der Waals surface area contributed by atoms with Crippen LogP contribution >= 0.6 is 23.7 Å². The van der Waals surface area contributed by atoms with Crippen molar-refractivity contribution >= 4 is 29.7 Å². The Labute approximate surface area is 139 Å². The van der Waals surface area contributed by atoms with Crippen molar-refractivity contribution in [1.82, 2.24) is 20.8 Å². The summed E-state index contributed by atoms with van der Waals surface area (Å²) in [6.07, 6.45) is 3.01. The fourth-order valence-corrected chi connectivity index (χ4v) is 3.00. The fraction of sp³-hybridized carbons (Fsp3) is 0.500. The van der Waals surface area contributed by atoms with E-state index in [1.54, 1.807) is 11.3 Å². The van der Waals surface area contributed by atoms with Crippen molar-refractivity contribution in [2.75, 3.05) is 13.1 Å². The molecule has 2 aromatic heterocycles. The van der Waals surface area contributed by atoms with Gasteiger partial charge in [0.05, 0.1) is 0 Å². The van der Waals surface area contributed by atoms with Gasteiger partial charge in [-0.1, -0.05) is 5.16 Å². The zero-order valence-electron chi connectivity index (χ0n) is 12.1. The fourth-order valence-electron chi connectivity index (χ4n) is 2.36. The van der Waals surface area contributed by atoms with Gasteiger partial charge in [-0.05, 0) is 30.8 Å².